The van der Waals surface area contributed by atoms with Crippen LogP contribution in [0.4, 0.5) is 0 Å². The number of thiol groups is 1. The maximum Gasteiger partial charge on any atom is 0.0701 e. The summed E-state index contributed by atoms with van der Waals surface area (Å²) in [5, 5.41) is 8.82. The molecular weight excluding hydrogens is 597 g/mol. The fourth-order valence-corrected chi connectivity index (χ4v) is 8.00. The minimum atomic E-state index is 0.135. The van der Waals surface area contributed by atoms with Gasteiger partial charge in [-0.1, -0.05) is 109 Å². The van der Waals surface area contributed by atoms with Crippen LogP contribution in [0.3, 0.4) is 0 Å². The van der Waals surface area contributed by atoms with Gasteiger partial charge in [0.2, 0.25) is 0 Å². The van der Waals surface area contributed by atoms with Gasteiger partial charge in [0.25, 0.3) is 0 Å². The van der Waals surface area contributed by atoms with Crippen LogP contribution in [-0.2, 0) is 0 Å². The van der Waals surface area contributed by atoms with E-state index in [9.17, 15) is 0 Å². The molecule has 8 aromatic rings. The third-order valence-electron chi connectivity index (χ3n) is 8.88. The summed E-state index contributed by atoms with van der Waals surface area (Å²) >= 11 is 5.43. The Morgan fingerprint density at radius 1 is 0.609 bits per heavy atom. The number of hydrogen-bond acceptors (Lipinski definition) is 3. The van der Waals surface area contributed by atoms with Crippen molar-refractivity contribution >= 4 is 71.5 Å². The van der Waals surface area contributed by atoms with E-state index in [1.165, 1.54) is 75.5 Å². The molecule has 1 aliphatic rings. The Morgan fingerprint density at radius 3 is 2.11 bits per heavy atom. The van der Waals surface area contributed by atoms with Gasteiger partial charge in [-0.05, 0) is 82.8 Å². The van der Waals surface area contributed by atoms with Crippen LogP contribution >= 0.6 is 24.0 Å². The Morgan fingerprint density at radius 2 is 1.30 bits per heavy atom. The normalized spacial score (nSPS) is 14.3. The number of fused-ring (bicyclic) bond motifs is 7. The van der Waals surface area contributed by atoms with E-state index < -0.39 is 0 Å². The Hall–Kier alpha value is -5.03. The molecule has 46 heavy (non-hydrogen) atoms. The van der Waals surface area contributed by atoms with Crippen LogP contribution in [0.25, 0.3) is 64.4 Å². The smallest absolute Gasteiger partial charge is 0.0701 e. The molecule has 3 heterocycles. The first-order valence-electron chi connectivity index (χ1n) is 15.5. The van der Waals surface area contributed by atoms with Crippen molar-refractivity contribution in [1.82, 2.24) is 9.88 Å². The van der Waals surface area contributed by atoms with Crippen LogP contribution in [0.1, 0.15) is 17.2 Å². The molecule has 222 valence electrons. The second-order valence-electron chi connectivity index (χ2n) is 11.4. The van der Waals surface area contributed by atoms with Crippen molar-refractivity contribution in [3.63, 3.8) is 0 Å². The Labute approximate surface area is 278 Å². The first-order valence-corrected chi connectivity index (χ1v) is 17.2. The second kappa shape index (κ2) is 12.1. The Balaban J connectivity index is 0.00000153. The van der Waals surface area contributed by atoms with Crippen LogP contribution in [0.5, 0.6) is 0 Å². The van der Waals surface area contributed by atoms with Crippen molar-refractivity contribution < 1.29 is 0 Å². The summed E-state index contributed by atoms with van der Waals surface area (Å²) in [4.78, 5) is 0. The third kappa shape index (κ3) is 4.82. The quantitative estimate of drug-likeness (QED) is 0.185. The maximum atomic E-state index is 3.53. The molecule has 1 N–H and O–H groups in total. The van der Waals surface area contributed by atoms with Gasteiger partial charge in [0, 0.05) is 36.6 Å². The van der Waals surface area contributed by atoms with Gasteiger partial charge in [-0.25, -0.2) is 0 Å². The third-order valence-corrected chi connectivity index (χ3v) is 10.1. The van der Waals surface area contributed by atoms with Gasteiger partial charge in [0.05, 0.1) is 17.1 Å². The highest BCUT2D eigenvalue weighted by Crippen LogP contribution is 2.44. The molecular formula is C42H32N2S2. The number of nitrogens with one attached hydrogen (secondary N) is 1. The number of benzene rings is 6. The molecule has 1 atom stereocenters. The molecule has 0 aliphatic carbocycles. The van der Waals surface area contributed by atoms with Crippen LogP contribution in [-0.4, -0.2) is 10.8 Å². The summed E-state index contributed by atoms with van der Waals surface area (Å²) in [7, 11) is 0. The zero-order chi connectivity index (χ0) is 31.0. The molecule has 0 radical (unpaired) electrons. The fourth-order valence-electron chi connectivity index (χ4n) is 6.74. The second-order valence-corrected chi connectivity index (χ2v) is 12.5. The molecule has 1 unspecified atom stereocenters. The highest BCUT2D eigenvalue weighted by molar-refractivity contribution is 7.79. The zero-order valence-corrected chi connectivity index (χ0v) is 27.1. The fraction of sp³-hybridized carbons (Fsp3) is 0.0476. The molecule has 6 aromatic carbocycles. The molecule has 4 heteroatoms. The summed E-state index contributed by atoms with van der Waals surface area (Å²) in [6.07, 6.45) is 8.21. The summed E-state index contributed by atoms with van der Waals surface area (Å²) in [5.74, 6) is 0. The van der Waals surface area contributed by atoms with Crippen molar-refractivity contribution in [2.45, 2.75) is 6.04 Å². The lowest BCUT2D eigenvalue weighted by atomic mass is 9.95. The number of dihydropyridines is 1. The van der Waals surface area contributed by atoms with Gasteiger partial charge in [-0.2, -0.15) is 12.6 Å². The van der Waals surface area contributed by atoms with Crippen LogP contribution in [0.2, 0.25) is 0 Å². The van der Waals surface area contributed by atoms with E-state index in [4.69, 9.17) is 0 Å². The van der Waals surface area contributed by atoms with Gasteiger partial charge >= 0.3 is 0 Å². The predicted octanol–water partition coefficient (Wildman–Crippen LogP) is 11.6. The van der Waals surface area contributed by atoms with E-state index in [-0.39, 0.29) is 6.04 Å². The van der Waals surface area contributed by atoms with Crippen molar-refractivity contribution in [3.8, 4) is 16.8 Å². The van der Waals surface area contributed by atoms with Crippen LogP contribution in [0.15, 0.2) is 158 Å². The van der Waals surface area contributed by atoms with E-state index in [2.05, 4.69) is 180 Å². The largest absolute Gasteiger partial charge is 0.381 e. The van der Waals surface area contributed by atoms with Gasteiger partial charge in [0.15, 0.2) is 0 Å². The van der Waals surface area contributed by atoms with Crippen LogP contribution in [0, 0.1) is 0 Å². The molecule has 0 spiro atoms. The molecule has 2 aromatic heterocycles. The van der Waals surface area contributed by atoms with Crippen molar-refractivity contribution in [1.29, 1.82) is 0 Å². The highest BCUT2D eigenvalue weighted by atomic mass is 32.1. The van der Waals surface area contributed by atoms with E-state index in [0.29, 0.717) is 0 Å². The topological polar surface area (TPSA) is 17.0 Å². The Kier molecular flexibility index (Phi) is 7.45. The van der Waals surface area contributed by atoms with Gasteiger partial charge in [0.1, 0.15) is 0 Å². The van der Waals surface area contributed by atoms with E-state index >= 15 is 0 Å². The minimum absolute atomic E-state index is 0.135. The van der Waals surface area contributed by atoms with Gasteiger partial charge in [-0.3, -0.25) is 0 Å². The number of thiophene rings is 1. The zero-order valence-electron chi connectivity index (χ0n) is 25.4. The number of aromatic nitrogens is 1. The SMILES string of the molecule is C1=CC(c2ccccc2)=CC(c2ccc(-c3ccc4c5c6sc7ccccc7c6ccc5n(-c5ccccc5)c4c3)cc2)N1.CS. The molecule has 0 fully saturated rings. The number of hydrogen-bond donors (Lipinski definition) is 2. The Bertz CT molecular complexity index is 2400. The van der Waals surface area contributed by atoms with E-state index in [0.717, 1.165) is 0 Å². The lowest BCUT2D eigenvalue weighted by molar-refractivity contribution is 0.749. The number of nitrogens with zero attached hydrogens (tertiary/aromatic N) is 1. The van der Waals surface area contributed by atoms with Gasteiger partial charge < -0.3 is 9.88 Å². The molecule has 0 saturated carbocycles. The average molecular weight is 629 g/mol. The molecule has 2 nitrogen and oxygen atoms in total. The highest BCUT2D eigenvalue weighted by Gasteiger charge is 2.18. The molecule has 0 amide bonds. The van der Waals surface area contributed by atoms with E-state index in [1.54, 1.807) is 6.26 Å². The monoisotopic (exact) mass is 628 g/mol. The lowest BCUT2D eigenvalue weighted by Crippen LogP contribution is -2.16. The van der Waals surface area contributed by atoms with Crippen molar-refractivity contribution in [2.75, 3.05) is 6.26 Å². The summed E-state index contributed by atoms with van der Waals surface area (Å²) in [6.45, 7) is 0. The molecule has 0 bridgehead atoms. The van der Waals surface area contributed by atoms with E-state index in [1.807, 2.05) is 11.3 Å². The molecule has 1 aliphatic heterocycles. The van der Waals surface area contributed by atoms with Crippen molar-refractivity contribution in [3.05, 3.63) is 169 Å². The van der Waals surface area contributed by atoms with Gasteiger partial charge in [-0.15, -0.1) is 11.3 Å². The first-order chi connectivity index (χ1) is 22.8. The molecule has 9 rings (SSSR count). The minimum Gasteiger partial charge on any atom is -0.381 e. The first kappa shape index (κ1) is 28.4. The standard InChI is InChI=1S/C41H28N2S.CH4S/c1-3-9-27(10-4-1)31-23-24-42-36(25-31)29-17-15-28(16-18-29)30-19-20-35-38(26-30)43(32-11-5-2-6-12-32)37-22-21-34-33-13-7-8-14-39(33)44-41(34)40(35)37;1-2/h1-26,36,42H;2H,1H3. The number of rotatable bonds is 4. The summed E-state index contributed by atoms with van der Waals surface area (Å²) < 4.78 is 5.12. The number of allylic oxidation sites excluding steroid dienone is 2. The molecule has 0 saturated heterocycles. The predicted molar refractivity (Wildman–Crippen MR) is 203 cm³/mol. The number of para-hydroxylation sites is 1. The summed E-state index contributed by atoms with van der Waals surface area (Å²) in [6, 6.07) is 50.8. The van der Waals surface area contributed by atoms with Crippen LogP contribution < -0.4 is 5.32 Å². The van der Waals surface area contributed by atoms with Crippen molar-refractivity contribution in [2.24, 2.45) is 0 Å². The lowest BCUT2D eigenvalue weighted by Gasteiger charge is -2.20. The maximum absolute atomic E-state index is 3.53. The average Bonchev–Trinajstić information content (AvgIpc) is 3.69. The summed E-state index contributed by atoms with van der Waals surface area (Å²) in [5.41, 5.74) is 9.81.